The van der Waals surface area contributed by atoms with Crippen molar-refractivity contribution >= 4 is 28.9 Å². The summed E-state index contributed by atoms with van der Waals surface area (Å²) in [6.45, 7) is 2.49. The number of nitrogens with one attached hydrogen (secondary N) is 1. The maximum atomic E-state index is 13.3. The maximum absolute atomic E-state index is 13.3. The number of nitrogens with zero attached hydrogens (tertiary/aromatic N) is 2. The minimum atomic E-state index is -0.556. The predicted octanol–water partition coefficient (Wildman–Crippen LogP) is 4.92. The number of carbonyl (C=O) groups is 1. The van der Waals surface area contributed by atoms with Crippen LogP contribution < -0.4 is 24.4 Å². The highest BCUT2D eigenvalue weighted by Gasteiger charge is 2.39. The molecule has 7 nitrogen and oxygen atoms in total. The molecule has 0 unspecified atom stereocenters. The summed E-state index contributed by atoms with van der Waals surface area (Å²) in [6.07, 6.45) is 1.11. The number of anilines is 2. The van der Waals surface area contributed by atoms with Crippen LogP contribution in [0.25, 0.3) is 0 Å². The molecule has 1 atom stereocenters. The number of fused-ring (bicyclic) bond motifs is 1. The number of amides is 1. The summed E-state index contributed by atoms with van der Waals surface area (Å²) in [7, 11) is 3.10. The van der Waals surface area contributed by atoms with Crippen LogP contribution in [0.3, 0.4) is 0 Å². The van der Waals surface area contributed by atoms with E-state index < -0.39 is 6.17 Å². The van der Waals surface area contributed by atoms with Crippen molar-refractivity contribution in [2.45, 2.75) is 13.1 Å². The van der Waals surface area contributed by atoms with E-state index in [1.807, 2.05) is 31.2 Å². The zero-order valence-corrected chi connectivity index (χ0v) is 18.1. The first kappa shape index (κ1) is 20.8. The van der Waals surface area contributed by atoms with Crippen molar-refractivity contribution in [3.05, 3.63) is 71.0 Å². The molecule has 1 N–H and O–H groups in total. The number of ether oxygens (including phenoxy) is 3. The Morgan fingerprint density at radius 1 is 1.10 bits per heavy atom. The van der Waals surface area contributed by atoms with Gasteiger partial charge in [-0.25, -0.2) is 0 Å². The van der Waals surface area contributed by atoms with Gasteiger partial charge >= 0.3 is 0 Å². The van der Waals surface area contributed by atoms with Crippen molar-refractivity contribution in [1.29, 1.82) is 0 Å². The third-order valence-electron chi connectivity index (χ3n) is 5.00. The Morgan fingerprint density at radius 3 is 2.52 bits per heavy atom. The molecule has 1 aliphatic heterocycles. The lowest BCUT2D eigenvalue weighted by Crippen LogP contribution is -2.32. The topological polar surface area (TPSA) is 72.9 Å². The van der Waals surface area contributed by atoms with Crippen molar-refractivity contribution in [3.8, 4) is 17.2 Å². The lowest BCUT2D eigenvalue weighted by atomic mass is 10.2. The average Bonchev–Trinajstić information content (AvgIpc) is 3.06. The SMILES string of the molecule is CCOc1ccc(N2C(=O)c3cccnc3[C@@H]2Nc2cc(Cl)c(OC)cc2OC)cc1. The van der Waals surface area contributed by atoms with Crippen molar-refractivity contribution < 1.29 is 19.0 Å². The highest BCUT2D eigenvalue weighted by Crippen LogP contribution is 2.41. The number of pyridine rings is 1. The Balaban J connectivity index is 1.76. The summed E-state index contributed by atoms with van der Waals surface area (Å²) < 4.78 is 16.3. The molecule has 0 radical (unpaired) electrons. The first-order valence-corrected chi connectivity index (χ1v) is 10.1. The molecule has 31 heavy (non-hydrogen) atoms. The highest BCUT2D eigenvalue weighted by atomic mass is 35.5. The molecule has 1 aromatic heterocycles. The van der Waals surface area contributed by atoms with Gasteiger partial charge in [0.1, 0.15) is 17.2 Å². The molecule has 4 rings (SSSR count). The molecule has 0 saturated carbocycles. The molecular weight excluding hydrogens is 418 g/mol. The van der Waals surface area contributed by atoms with Crippen LogP contribution in [0, 0.1) is 0 Å². The van der Waals surface area contributed by atoms with Gasteiger partial charge in [0.25, 0.3) is 5.91 Å². The van der Waals surface area contributed by atoms with Crippen LogP contribution in [0.5, 0.6) is 17.2 Å². The molecule has 0 aliphatic carbocycles. The number of aromatic nitrogens is 1. The number of halogens is 1. The molecule has 8 heteroatoms. The van der Waals surface area contributed by atoms with Crippen LogP contribution in [-0.2, 0) is 0 Å². The predicted molar refractivity (Wildman–Crippen MR) is 120 cm³/mol. The van der Waals surface area contributed by atoms with E-state index in [2.05, 4.69) is 10.3 Å². The van der Waals surface area contributed by atoms with Gasteiger partial charge in [0.15, 0.2) is 6.17 Å². The third kappa shape index (κ3) is 3.84. The highest BCUT2D eigenvalue weighted by molar-refractivity contribution is 6.32. The van der Waals surface area contributed by atoms with Gasteiger partial charge in [0, 0.05) is 18.0 Å². The Hall–Kier alpha value is -3.45. The Kier molecular flexibility index (Phi) is 5.86. The Morgan fingerprint density at radius 2 is 1.84 bits per heavy atom. The van der Waals surface area contributed by atoms with Gasteiger partial charge in [0.2, 0.25) is 0 Å². The van der Waals surface area contributed by atoms with E-state index >= 15 is 0 Å². The largest absolute Gasteiger partial charge is 0.495 e. The molecule has 2 aromatic carbocycles. The third-order valence-corrected chi connectivity index (χ3v) is 5.29. The number of hydrogen-bond donors (Lipinski definition) is 1. The van der Waals surface area contributed by atoms with Crippen LogP contribution in [0.15, 0.2) is 54.7 Å². The zero-order chi connectivity index (χ0) is 22.0. The summed E-state index contributed by atoms with van der Waals surface area (Å²) >= 11 is 6.34. The molecule has 1 amide bonds. The number of carbonyl (C=O) groups excluding carboxylic acids is 1. The molecular formula is C23H22ClN3O4. The van der Waals surface area contributed by atoms with Crippen LogP contribution in [0.4, 0.5) is 11.4 Å². The lowest BCUT2D eigenvalue weighted by Gasteiger charge is -2.27. The maximum Gasteiger partial charge on any atom is 0.262 e. The van der Waals surface area contributed by atoms with E-state index in [-0.39, 0.29) is 5.91 Å². The standard InChI is InChI=1S/C23H22ClN3O4/c1-4-31-15-9-7-14(8-10-15)27-22(21-16(23(27)28)6-5-11-25-21)26-18-12-17(24)19(29-2)13-20(18)30-3/h5-13,22,26H,4H2,1-3H3/t22-/m1/s1. The second kappa shape index (κ2) is 8.73. The minimum absolute atomic E-state index is 0.150. The minimum Gasteiger partial charge on any atom is -0.495 e. The van der Waals surface area contributed by atoms with Crippen LogP contribution in [-0.4, -0.2) is 31.7 Å². The molecule has 0 bridgehead atoms. The monoisotopic (exact) mass is 439 g/mol. The number of hydrogen-bond acceptors (Lipinski definition) is 6. The Labute approximate surface area is 185 Å². The van der Waals surface area contributed by atoms with Gasteiger partial charge in [-0.05, 0) is 49.4 Å². The fourth-order valence-electron chi connectivity index (χ4n) is 3.57. The van der Waals surface area contributed by atoms with Gasteiger partial charge < -0.3 is 19.5 Å². The van der Waals surface area contributed by atoms with E-state index in [4.69, 9.17) is 25.8 Å². The second-order valence-electron chi connectivity index (χ2n) is 6.77. The number of rotatable bonds is 7. The second-order valence-corrected chi connectivity index (χ2v) is 7.18. The molecule has 160 valence electrons. The number of benzene rings is 2. The van der Waals surface area contributed by atoms with Gasteiger partial charge in [-0.3, -0.25) is 14.7 Å². The smallest absolute Gasteiger partial charge is 0.262 e. The fourth-order valence-corrected chi connectivity index (χ4v) is 3.82. The lowest BCUT2D eigenvalue weighted by molar-refractivity contribution is 0.0993. The summed E-state index contributed by atoms with van der Waals surface area (Å²) in [4.78, 5) is 19.4. The molecule has 0 spiro atoms. The molecule has 1 aliphatic rings. The van der Waals surface area contributed by atoms with Crippen LogP contribution in [0.2, 0.25) is 5.02 Å². The zero-order valence-electron chi connectivity index (χ0n) is 17.4. The summed E-state index contributed by atoms with van der Waals surface area (Å²) in [6, 6.07) is 14.3. The fraction of sp³-hybridized carbons (Fsp3) is 0.217. The molecule has 2 heterocycles. The normalized spacial score (nSPS) is 14.9. The Bertz CT molecular complexity index is 1100. The van der Waals surface area contributed by atoms with Gasteiger partial charge in [-0.15, -0.1) is 0 Å². The van der Waals surface area contributed by atoms with Gasteiger partial charge in [0.05, 0.1) is 42.8 Å². The van der Waals surface area contributed by atoms with Crippen LogP contribution in [0.1, 0.15) is 29.1 Å². The van der Waals surface area contributed by atoms with E-state index in [1.165, 1.54) is 7.11 Å². The van der Waals surface area contributed by atoms with Crippen LogP contribution >= 0.6 is 11.6 Å². The van der Waals surface area contributed by atoms with Crippen molar-refractivity contribution in [1.82, 2.24) is 4.98 Å². The van der Waals surface area contributed by atoms with Gasteiger partial charge in [-0.1, -0.05) is 11.6 Å². The summed E-state index contributed by atoms with van der Waals surface area (Å²) in [5.74, 6) is 1.61. The van der Waals surface area contributed by atoms with E-state index in [1.54, 1.807) is 42.5 Å². The summed E-state index contributed by atoms with van der Waals surface area (Å²) in [5.41, 5.74) is 2.48. The quantitative estimate of drug-likeness (QED) is 0.563. The first-order chi connectivity index (χ1) is 15.1. The summed E-state index contributed by atoms with van der Waals surface area (Å²) in [5, 5.41) is 3.79. The van der Waals surface area contributed by atoms with Crippen molar-refractivity contribution in [2.75, 3.05) is 31.0 Å². The molecule has 3 aromatic rings. The van der Waals surface area contributed by atoms with E-state index in [9.17, 15) is 4.79 Å². The van der Waals surface area contributed by atoms with Gasteiger partial charge in [-0.2, -0.15) is 0 Å². The average molecular weight is 440 g/mol. The molecule has 0 saturated heterocycles. The van der Waals surface area contributed by atoms with E-state index in [0.29, 0.717) is 45.8 Å². The van der Waals surface area contributed by atoms with E-state index in [0.717, 1.165) is 5.75 Å². The molecule has 0 fully saturated rings. The number of methoxy groups -OCH3 is 2. The van der Waals surface area contributed by atoms with Crippen molar-refractivity contribution in [2.24, 2.45) is 0 Å². The first-order valence-electron chi connectivity index (χ1n) is 9.76. The van der Waals surface area contributed by atoms with Crippen molar-refractivity contribution in [3.63, 3.8) is 0 Å².